The number of imidazole rings is 1. The molecule has 0 bridgehead atoms. The van der Waals surface area contributed by atoms with Crippen LogP contribution in [0.3, 0.4) is 0 Å². The van der Waals surface area contributed by atoms with Gasteiger partial charge in [-0.05, 0) is 18.9 Å². The maximum Gasteiger partial charge on any atom is 0.315 e. The second kappa shape index (κ2) is 7.44. The Morgan fingerprint density at radius 3 is 3.00 bits per heavy atom. The zero-order chi connectivity index (χ0) is 16.9. The minimum atomic E-state index is -0.671. The molecule has 1 aliphatic rings. The van der Waals surface area contributed by atoms with E-state index in [9.17, 15) is 9.18 Å². The topological polar surface area (TPSA) is 68.2 Å². The Labute approximate surface area is 140 Å². The first-order valence-electron chi connectivity index (χ1n) is 8.03. The molecule has 2 amide bonds. The van der Waals surface area contributed by atoms with Gasteiger partial charge in [-0.25, -0.2) is 14.2 Å². The van der Waals surface area contributed by atoms with Gasteiger partial charge in [0.2, 0.25) is 0 Å². The van der Waals surface area contributed by atoms with Crippen LogP contribution in [0.2, 0.25) is 0 Å². The van der Waals surface area contributed by atoms with E-state index in [0.29, 0.717) is 17.9 Å². The van der Waals surface area contributed by atoms with E-state index in [1.807, 2.05) is 7.05 Å². The number of nitrogens with one attached hydrogen (secondary N) is 2. The zero-order valence-corrected chi connectivity index (χ0v) is 13.5. The Balaban J connectivity index is 1.74. The fourth-order valence-electron chi connectivity index (χ4n) is 2.84. The van der Waals surface area contributed by atoms with Crippen LogP contribution >= 0.6 is 0 Å². The lowest BCUT2D eigenvalue weighted by atomic mass is 10.1. The summed E-state index contributed by atoms with van der Waals surface area (Å²) in [6.07, 6.45) is 5.38. The van der Waals surface area contributed by atoms with E-state index in [1.165, 1.54) is 6.07 Å². The van der Waals surface area contributed by atoms with Crippen molar-refractivity contribution in [2.45, 2.75) is 25.0 Å². The molecule has 2 atom stereocenters. The molecule has 2 aromatic rings. The van der Waals surface area contributed by atoms with Crippen molar-refractivity contribution in [1.29, 1.82) is 0 Å². The van der Waals surface area contributed by atoms with E-state index in [0.717, 1.165) is 19.4 Å². The normalized spacial score (nSPS) is 18.3. The van der Waals surface area contributed by atoms with E-state index in [4.69, 9.17) is 4.74 Å². The fourth-order valence-corrected chi connectivity index (χ4v) is 2.84. The van der Waals surface area contributed by atoms with E-state index < -0.39 is 6.04 Å². The molecular weight excluding hydrogens is 311 g/mol. The molecule has 2 heterocycles. The van der Waals surface area contributed by atoms with Gasteiger partial charge in [0.25, 0.3) is 0 Å². The number of rotatable bonds is 5. The number of ether oxygens (including phenoxy) is 1. The average molecular weight is 332 g/mol. The van der Waals surface area contributed by atoms with Crippen molar-refractivity contribution in [2.24, 2.45) is 7.05 Å². The average Bonchev–Trinajstić information content (AvgIpc) is 3.23. The summed E-state index contributed by atoms with van der Waals surface area (Å²) in [5, 5.41) is 5.60. The van der Waals surface area contributed by atoms with Crippen molar-refractivity contribution < 1.29 is 13.9 Å². The molecule has 6 nitrogen and oxygen atoms in total. The van der Waals surface area contributed by atoms with Crippen LogP contribution in [-0.4, -0.2) is 34.8 Å². The summed E-state index contributed by atoms with van der Waals surface area (Å²) in [5.74, 6) is 0.178. The maximum atomic E-state index is 14.2. The molecule has 3 rings (SSSR count). The minimum Gasteiger partial charge on any atom is -0.376 e. The molecule has 7 heteroatoms. The van der Waals surface area contributed by atoms with Gasteiger partial charge >= 0.3 is 6.03 Å². The van der Waals surface area contributed by atoms with E-state index in [-0.39, 0.29) is 18.0 Å². The number of amides is 2. The van der Waals surface area contributed by atoms with Crippen molar-refractivity contribution in [3.8, 4) is 0 Å². The molecule has 1 aliphatic heterocycles. The van der Waals surface area contributed by atoms with Crippen molar-refractivity contribution in [3.05, 3.63) is 53.9 Å². The van der Waals surface area contributed by atoms with E-state index in [1.54, 1.807) is 35.2 Å². The predicted molar refractivity (Wildman–Crippen MR) is 87.0 cm³/mol. The summed E-state index contributed by atoms with van der Waals surface area (Å²) in [6.45, 7) is 1.18. The monoisotopic (exact) mass is 332 g/mol. The molecule has 24 heavy (non-hydrogen) atoms. The highest BCUT2D eigenvalue weighted by Gasteiger charge is 2.24. The number of aryl methyl sites for hydroxylation is 1. The van der Waals surface area contributed by atoms with Gasteiger partial charge in [0.15, 0.2) is 0 Å². The second-order valence-electron chi connectivity index (χ2n) is 5.84. The number of urea groups is 1. The van der Waals surface area contributed by atoms with E-state index >= 15 is 0 Å². The number of halogens is 1. The number of nitrogens with zero attached hydrogens (tertiary/aromatic N) is 2. The maximum absolute atomic E-state index is 14.2. The van der Waals surface area contributed by atoms with Gasteiger partial charge in [0.05, 0.1) is 6.10 Å². The van der Waals surface area contributed by atoms with Crippen LogP contribution in [0.5, 0.6) is 0 Å². The Morgan fingerprint density at radius 1 is 1.50 bits per heavy atom. The predicted octanol–water partition coefficient (Wildman–Crippen LogP) is 2.13. The number of carbonyl (C=O) groups excluding carboxylic acids is 1. The first-order valence-corrected chi connectivity index (χ1v) is 8.03. The third-order valence-electron chi connectivity index (χ3n) is 4.12. The highest BCUT2D eigenvalue weighted by Crippen LogP contribution is 2.23. The molecule has 2 N–H and O–H groups in total. The van der Waals surface area contributed by atoms with Crippen LogP contribution in [0.25, 0.3) is 0 Å². The smallest absolute Gasteiger partial charge is 0.315 e. The Morgan fingerprint density at radius 2 is 2.33 bits per heavy atom. The standard InChI is InChI=1S/C17H21FN4O2/c1-22-9-8-19-16(22)15(13-6-2-3-7-14(13)18)21-17(23)20-11-12-5-4-10-24-12/h2-3,6-9,12,15H,4-5,10-11H2,1H3,(H2,20,21,23). The van der Waals surface area contributed by atoms with Crippen molar-refractivity contribution in [1.82, 2.24) is 20.2 Å². The molecule has 0 spiro atoms. The Hall–Kier alpha value is -2.41. The van der Waals surface area contributed by atoms with Gasteiger partial charge in [0.1, 0.15) is 17.7 Å². The first kappa shape index (κ1) is 16.4. The van der Waals surface area contributed by atoms with Crippen molar-refractivity contribution >= 4 is 6.03 Å². The van der Waals surface area contributed by atoms with Crippen LogP contribution in [0, 0.1) is 5.82 Å². The lowest BCUT2D eigenvalue weighted by Gasteiger charge is -2.20. The SMILES string of the molecule is Cn1ccnc1C(NC(=O)NCC1CCCO1)c1ccccc1F. The third kappa shape index (κ3) is 3.73. The number of carbonyl (C=O) groups is 1. The number of benzene rings is 1. The van der Waals surface area contributed by atoms with E-state index in [2.05, 4.69) is 15.6 Å². The highest BCUT2D eigenvalue weighted by atomic mass is 19.1. The van der Waals surface area contributed by atoms with Crippen molar-refractivity contribution in [3.63, 3.8) is 0 Å². The summed E-state index contributed by atoms with van der Waals surface area (Å²) >= 11 is 0. The molecule has 0 saturated carbocycles. The molecule has 0 aliphatic carbocycles. The fraction of sp³-hybridized carbons (Fsp3) is 0.412. The van der Waals surface area contributed by atoms with Crippen LogP contribution in [0.4, 0.5) is 9.18 Å². The van der Waals surface area contributed by atoms with Crippen LogP contribution < -0.4 is 10.6 Å². The van der Waals surface area contributed by atoms with Crippen LogP contribution in [0.1, 0.15) is 30.3 Å². The first-order chi connectivity index (χ1) is 11.6. The third-order valence-corrected chi connectivity index (χ3v) is 4.12. The molecule has 2 unspecified atom stereocenters. The van der Waals surface area contributed by atoms with Crippen LogP contribution in [-0.2, 0) is 11.8 Å². The van der Waals surface area contributed by atoms with Crippen molar-refractivity contribution in [2.75, 3.05) is 13.2 Å². The molecule has 1 aromatic carbocycles. The Bertz CT molecular complexity index is 697. The highest BCUT2D eigenvalue weighted by molar-refractivity contribution is 5.74. The molecule has 1 saturated heterocycles. The number of aromatic nitrogens is 2. The Kier molecular flexibility index (Phi) is 5.10. The summed E-state index contributed by atoms with van der Waals surface area (Å²) in [7, 11) is 1.81. The number of hydrogen-bond donors (Lipinski definition) is 2. The number of hydrogen-bond acceptors (Lipinski definition) is 3. The largest absolute Gasteiger partial charge is 0.376 e. The van der Waals surface area contributed by atoms with Gasteiger partial charge < -0.3 is 19.9 Å². The summed E-state index contributed by atoms with van der Waals surface area (Å²) < 4.78 is 21.5. The lowest BCUT2D eigenvalue weighted by molar-refractivity contribution is 0.111. The molecule has 128 valence electrons. The minimum absolute atomic E-state index is 0.0517. The summed E-state index contributed by atoms with van der Waals surface area (Å²) in [6, 6.07) is 5.33. The zero-order valence-electron chi connectivity index (χ0n) is 13.5. The van der Waals surface area contributed by atoms with Gasteiger partial charge in [-0.15, -0.1) is 0 Å². The summed E-state index contributed by atoms with van der Waals surface area (Å²) in [4.78, 5) is 16.5. The van der Waals surface area contributed by atoms with Gasteiger partial charge in [0, 0.05) is 38.2 Å². The molecule has 0 radical (unpaired) electrons. The quantitative estimate of drug-likeness (QED) is 0.881. The molecule has 1 aromatic heterocycles. The van der Waals surface area contributed by atoms with Crippen LogP contribution in [0.15, 0.2) is 36.7 Å². The van der Waals surface area contributed by atoms with Gasteiger partial charge in [-0.3, -0.25) is 0 Å². The molecular formula is C17H21FN4O2. The lowest BCUT2D eigenvalue weighted by Crippen LogP contribution is -2.42. The summed E-state index contributed by atoms with van der Waals surface area (Å²) in [5.41, 5.74) is 0.374. The van der Waals surface area contributed by atoms with Gasteiger partial charge in [-0.2, -0.15) is 0 Å². The van der Waals surface area contributed by atoms with Gasteiger partial charge in [-0.1, -0.05) is 18.2 Å². The molecule has 1 fully saturated rings. The second-order valence-corrected chi connectivity index (χ2v) is 5.84.